The normalized spacial score (nSPS) is 12.1. The Bertz CT molecular complexity index is 952. The Hall–Kier alpha value is -2.82. The molecule has 5 heteroatoms. The van der Waals surface area contributed by atoms with Crippen LogP contribution in [0.1, 0.15) is 108 Å². The van der Waals surface area contributed by atoms with E-state index in [1.807, 2.05) is 32.7 Å². The van der Waals surface area contributed by atoms with Gasteiger partial charge in [-0.1, -0.05) is 93.6 Å². The van der Waals surface area contributed by atoms with Crippen molar-refractivity contribution in [2.24, 2.45) is 0 Å². The number of ether oxygens (including phenoxy) is 1. The second kappa shape index (κ2) is 16.9. The Morgan fingerprint density at radius 2 is 1.53 bits per heavy atom. The number of nitrogens with one attached hydrogen (secondary N) is 1. The maximum Gasteiger partial charge on any atom is 0.407 e. The molecule has 38 heavy (non-hydrogen) atoms. The summed E-state index contributed by atoms with van der Waals surface area (Å²) in [6.45, 7) is 9.00. The molecule has 0 fully saturated rings. The Labute approximate surface area is 231 Å². The zero-order valence-corrected chi connectivity index (χ0v) is 24.4. The number of benzene rings is 2. The van der Waals surface area contributed by atoms with Gasteiger partial charge in [-0.3, -0.25) is 4.79 Å². The molecule has 1 atom stereocenters. The molecule has 2 amide bonds. The maximum absolute atomic E-state index is 12.8. The summed E-state index contributed by atoms with van der Waals surface area (Å²) >= 11 is 0. The molecule has 1 N–H and O–H groups in total. The highest BCUT2D eigenvalue weighted by atomic mass is 16.6. The van der Waals surface area contributed by atoms with Crippen LogP contribution in [-0.2, 0) is 22.5 Å². The lowest BCUT2D eigenvalue weighted by molar-refractivity contribution is -0.130. The van der Waals surface area contributed by atoms with Crippen LogP contribution in [0.4, 0.5) is 4.79 Å². The number of carbonyl (C=O) groups is 2. The van der Waals surface area contributed by atoms with Crippen LogP contribution in [0.5, 0.6) is 0 Å². The van der Waals surface area contributed by atoms with Crippen molar-refractivity contribution < 1.29 is 14.3 Å². The van der Waals surface area contributed by atoms with Crippen molar-refractivity contribution in [1.29, 1.82) is 0 Å². The predicted octanol–water partition coefficient (Wildman–Crippen LogP) is 8.03. The van der Waals surface area contributed by atoms with Gasteiger partial charge < -0.3 is 15.0 Å². The first-order chi connectivity index (χ1) is 18.2. The van der Waals surface area contributed by atoms with Gasteiger partial charge in [0, 0.05) is 26.6 Å². The molecular weight excluding hydrogens is 472 g/mol. The SMILES string of the molecule is CCCCCCC(Cc1ccccc1CN(C)C(=O)CCCCCNC(=O)OC(C)(C)C)c1ccccc1. The van der Waals surface area contributed by atoms with E-state index in [9.17, 15) is 9.59 Å². The number of alkyl carbamates (subject to hydrolysis) is 1. The average molecular weight is 523 g/mol. The number of hydrogen-bond donors (Lipinski definition) is 1. The van der Waals surface area contributed by atoms with Gasteiger partial charge in [-0.05, 0) is 69.1 Å². The first kappa shape index (κ1) is 31.4. The Morgan fingerprint density at radius 3 is 2.21 bits per heavy atom. The van der Waals surface area contributed by atoms with Gasteiger partial charge >= 0.3 is 6.09 Å². The van der Waals surface area contributed by atoms with Crippen molar-refractivity contribution in [3.63, 3.8) is 0 Å². The van der Waals surface area contributed by atoms with E-state index in [1.54, 1.807) is 0 Å². The number of hydrogen-bond acceptors (Lipinski definition) is 3. The third-order valence-electron chi connectivity index (χ3n) is 6.83. The van der Waals surface area contributed by atoms with Gasteiger partial charge in [0.1, 0.15) is 5.60 Å². The van der Waals surface area contributed by atoms with Crippen molar-refractivity contribution in [1.82, 2.24) is 10.2 Å². The second-order valence-corrected chi connectivity index (χ2v) is 11.4. The highest BCUT2D eigenvalue weighted by Gasteiger charge is 2.17. The van der Waals surface area contributed by atoms with Crippen molar-refractivity contribution in [2.75, 3.05) is 13.6 Å². The number of unbranched alkanes of at least 4 members (excludes halogenated alkanes) is 5. The Morgan fingerprint density at radius 1 is 0.868 bits per heavy atom. The van der Waals surface area contributed by atoms with Crippen LogP contribution in [0.15, 0.2) is 54.6 Å². The van der Waals surface area contributed by atoms with E-state index >= 15 is 0 Å². The Balaban J connectivity index is 1.85. The van der Waals surface area contributed by atoms with Crippen molar-refractivity contribution >= 4 is 12.0 Å². The first-order valence-corrected chi connectivity index (χ1v) is 14.5. The lowest BCUT2D eigenvalue weighted by Crippen LogP contribution is -2.33. The van der Waals surface area contributed by atoms with Gasteiger partial charge in [-0.15, -0.1) is 0 Å². The molecular formula is C33H50N2O3. The second-order valence-electron chi connectivity index (χ2n) is 11.4. The largest absolute Gasteiger partial charge is 0.444 e. The lowest BCUT2D eigenvalue weighted by atomic mass is 9.86. The molecule has 5 nitrogen and oxygen atoms in total. The fourth-order valence-corrected chi connectivity index (χ4v) is 4.72. The molecule has 0 heterocycles. The summed E-state index contributed by atoms with van der Waals surface area (Å²) in [5, 5.41) is 2.78. The van der Waals surface area contributed by atoms with E-state index in [4.69, 9.17) is 4.74 Å². The van der Waals surface area contributed by atoms with Gasteiger partial charge in [0.25, 0.3) is 0 Å². The lowest BCUT2D eigenvalue weighted by Gasteiger charge is -2.22. The molecule has 0 bridgehead atoms. The van der Waals surface area contributed by atoms with Crippen LogP contribution in [0.3, 0.4) is 0 Å². The fraction of sp³-hybridized carbons (Fsp3) is 0.576. The molecule has 1 unspecified atom stereocenters. The predicted molar refractivity (Wildman–Crippen MR) is 157 cm³/mol. The van der Waals surface area contributed by atoms with Gasteiger partial charge in [0.05, 0.1) is 0 Å². The summed E-state index contributed by atoms with van der Waals surface area (Å²) in [5.41, 5.74) is 3.49. The number of nitrogens with zero attached hydrogens (tertiary/aromatic N) is 1. The molecule has 0 saturated carbocycles. The van der Waals surface area contributed by atoms with Crippen LogP contribution in [0, 0.1) is 0 Å². The molecule has 0 aliphatic rings. The summed E-state index contributed by atoms with van der Waals surface area (Å²) in [5.74, 6) is 0.656. The van der Waals surface area contributed by atoms with E-state index in [0.717, 1.165) is 25.7 Å². The van der Waals surface area contributed by atoms with Crippen molar-refractivity contribution in [3.05, 3.63) is 71.3 Å². The Kier molecular flexibility index (Phi) is 14.0. The highest BCUT2D eigenvalue weighted by Crippen LogP contribution is 2.28. The number of amides is 2. The third kappa shape index (κ3) is 12.6. The van der Waals surface area contributed by atoms with Crippen molar-refractivity contribution in [2.45, 2.75) is 110 Å². The summed E-state index contributed by atoms with van der Waals surface area (Å²) in [6.07, 6.45) is 9.95. The van der Waals surface area contributed by atoms with Crippen LogP contribution in [0.25, 0.3) is 0 Å². The standard InChI is InChI=1S/C33H50N2O3/c1-6-7-8-11-20-28(27-18-12-9-13-19-27)25-29-21-15-16-22-30(29)26-35(5)31(36)23-14-10-17-24-34-32(37)38-33(2,3)4/h9,12-13,15-16,18-19,21-22,28H,6-8,10-11,14,17,20,23-26H2,1-5H3,(H,34,37). The summed E-state index contributed by atoms with van der Waals surface area (Å²) < 4.78 is 5.25. The quantitative estimate of drug-likeness (QED) is 0.227. The highest BCUT2D eigenvalue weighted by molar-refractivity contribution is 5.75. The minimum atomic E-state index is -0.489. The number of carbonyl (C=O) groups excluding carboxylic acids is 2. The molecule has 0 aromatic heterocycles. The van der Waals surface area contributed by atoms with Crippen LogP contribution in [-0.4, -0.2) is 36.1 Å². The summed E-state index contributed by atoms with van der Waals surface area (Å²) in [4.78, 5) is 26.4. The smallest absolute Gasteiger partial charge is 0.407 e. The van der Waals surface area contributed by atoms with E-state index in [2.05, 4.69) is 66.8 Å². The minimum absolute atomic E-state index is 0.166. The zero-order chi connectivity index (χ0) is 27.8. The van der Waals surface area contributed by atoms with Crippen LogP contribution < -0.4 is 5.32 Å². The van der Waals surface area contributed by atoms with Crippen molar-refractivity contribution in [3.8, 4) is 0 Å². The minimum Gasteiger partial charge on any atom is -0.444 e. The van der Waals surface area contributed by atoms with Gasteiger partial charge in [-0.2, -0.15) is 0 Å². The molecule has 2 aromatic rings. The van der Waals surface area contributed by atoms with Gasteiger partial charge in [-0.25, -0.2) is 4.79 Å². The average Bonchev–Trinajstić information content (AvgIpc) is 2.88. The maximum atomic E-state index is 12.8. The zero-order valence-electron chi connectivity index (χ0n) is 24.4. The van der Waals surface area contributed by atoms with E-state index < -0.39 is 5.60 Å². The summed E-state index contributed by atoms with van der Waals surface area (Å²) in [7, 11) is 1.91. The van der Waals surface area contributed by atoms with Gasteiger partial charge in [0.2, 0.25) is 5.91 Å². The monoisotopic (exact) mass is 522 g/mol. The molecule has 0 spiro atoms. The molecule has 210 valence electrons. The fourth-order valence-electron chi connectivity index (χ4n) is 4.72. The molecule has 2 rings (SSSR count). The molecule has 0 aliphatic heterocycles. The van der Waals surface area contributed by atoms with Gasteiger partial charge in [0.15, 0.2) is 0 Å². The van der Waals surface area contributed by atoms with E-state index in [-0.39, 0.29) is 12.0 Å². The molecule has 2 aromatic carbocycles. The topological polar surface area (TPSA) is 58.6 Å². The van der Waals surface area contributed by atoms with Crippen LogP contribution >= 0.6 is 0 Å². The molecule has 0 saturated heterocycles. The molecule has 0 aliphatic carbocycles. The molecule has 0 radical (unpaired) electrons. The third-order valence-corrected chi connectivity index (χ3v) is 6.83. The summed E-state index contributed by atoms with van der Waals surface area (Å²) in [6, 6.07) is 19.5. The van der Waals surface area contributed by atoms with Crippen LogP contribution in [0.2, 0.25) is 0 Å². The van der Waals surface area contributed by atoms with E-state index in [0.29, 0.717) is 25.4 Å². The first-order valence-electron chi connectivity index (χ1n) is 14.5. The number of rotatable bonds is 16. The van der Waals surface area contributed by atoms with E-state index in [1.165, 1.54) is 48.8 Å².